The lowest BCUT2D eigenvalue weighted by atomic mass is 10.1. The van der Waals surface area contributed by atoms with Crippen molar-refractivity contribution in [1.82, 2.24) is 19.9 Å². The normalized spacial score (nSPS) is 26.0. The topological polar surface area (TPSA) is 119 Å². The molecule has 1 aliphatic carbocycles. The molecule has 0 saturated heterocycles. The van der Waals surface area contributed by atoms with E-state index < -0.39 is 24.4 Å². The molecule has 3 heterocycles. The van der Waals surface area contributed by atoms with E-state index in [-0.39, 0.29) is 5.91 Å². The number of fused-ring (bicyclic) bond motifs is 2. The molecular weight excluding hydrogens is 388 g/mol. The average Bonchev–Trinajstić information content (AvgIpc) is 3.21. The van der Waals surface area contributed by atoms with Crippen LogP contribution in [0.2, 0.25) is 0 Å². The Balaban J connectivity index is 1.45. The van der Waals surface area contributed by atoms with Gasteiger partial charge in [0.2, 0.25) is 0 Å². The van der Waals surface area contributed by atoms with Gasteiger partial charge in [0.1, 0.15) is 54.0 Å². The minimum atomic E-state index is -1.12. The van der Waals surface area contributed by atoms with E-state index in [0.29, 0.717) is 42.3 Å². The molecule has 9 heteroatoms. The number of carbonyl (C=O) groups is 1. The third-order valence-electron chi connectivity index (χ3n) is 5.80. The van der Waals surface area contributed by atoms with Gasteiger partial charge in [-0.05, 0) is 25.1 Å². The first-order valence-electron chi connectivity index (χ1n) is 9.89. The number of nitrogens with one attached hydrogen (secondary N) is 1. The van der Waals surface area contributed by atoms with E-state index in [1.165, 1.54) is 6.33 Å². The van der Waals surface area contributed by atoms with Gasteiger partial charge in [0.15, 0.2) is 0 Å². The van der Waals surface area contributed by atoms with Gasteiger partial charge < -0.3 is 29.6 Å². The van der Waals surface area contributed by atoms with Crippen LogP contribution in [0.5, 0.6) is 11.5 Å². The van der Waals surface area contributed by atoms with Crippen LogP contribution >= 0.6 is 0 Å². The first-order chi connectivity index (χ1) is 14.5. The zero-order valence-electron chi connectivity index (χ0n) is 16.4. The van der Waals surface area contributed by atoms with E-state index in [1.807, 2.05) is 23.8 Å². The number of amides is 1. The van der Waals surface area contributed by atoms with Crippen LogP contribution in [0, 0.1) is 6.92 Å². The van der Waals surface area contributed by atoms with Crippen molar-refractivity contribution in [3.8, 4) is 11.5 Å². The summed E-state index contributed by atoms with van der Waals surface area (Å²) in [7, 11) is 0. The zero-order valence-corrected chi connectivity index (χ0v) is 16.4. The van der Waals surface area contributed by atoms with Crippen molar-refractivity contribution in [3.63, 3.8) is 0 Å². The summed E-state index contributed by atoms with van der Waals surface area (Å²) in [5.41, 5.74) is 1.84. The number of aryl methyl sites for hydroxylation is 1. The van der Waals surface area contributed by atoms with Crippen molar-refractivity contribution in [2.45, 2.75) is 37.7 Å². The molecule has 1 aromatic carbocycles. The minimum Gasteiger partial charge on any atom is -0.491 e. The van der Waals surface area contributed by atoms with Crippen LogP contribution in [0.15, 0.2) is 36.8 Å². The number of aromatic nitrogens is 3. The van der Waals surface area contributed by atoms with Crippen molar-refractivity contribution in [2.75, 3.05) is 13.2 Å². The number of benzene rings is 1. The van der Waals surface area contributed by atoms with Crippen molar-refractivity contribution in [1.29, 1.82) is 0 Å². The molecular formula is C21H22N4O5. The Morgan fingerprint density at radius 3 is 2.97 bits per heavy atom. The molecule has 2 aromatic heterocycles. The van der Waals surface area contributed by atoms with Crippen molar-refractivity contribution in [3.05, 3.63) is 48.0 Å². The summed E-state index contributed by atoms with van der Waals surface area (Å²) in [5.74, 6) is 0.473. The second-order valence-corrected chi connectivity index (χ2v) is 7.59. The van der Waals surface area contributed by atoms with E-state index in [1.54, 1.807) is 18.2 Å². The Morgan fingerprint density at radius 1 is 1.23 bits per heavy atom. The molecule has 30 heavy (non-hydrogen) atoms. The number of carbonyl (C=O) groups excluding carboxylic acids is 1. The zero-order chi connectivity index (χ0) is 20.8. The third kappa shape index (κ3) is 2.98. The van der Waals surface area contributed by atoms with Crippen molar-refractivity contribution in [2.24, 2.45) is 0 Å². The number of ether oxygens (including phenoxy) is 2. The highest BCUT2D eigenvalue weighted by Gasteiger charge is 2.45. The van der Waals surface area contributed by atoms with Gasteiger partial charge in [-0.15, -0.1) is 0 Å². The number of aliphatic hydroxyl groups is 2. The smallest absolute Gasteiger partial charge is 0.258 e. The number of hydrogen-bond donors (Lipinski definition) is 3. The predicted octanol–water partition coefficient (Wildman–Crippen LogP) is 0.976. The highest BCUT2D eigenvalue weighted by Crippen LogP contribution is 2.38. The van der Waals surface area contributed by atoms with E-state index in [2.05, 4.69) is 15.3 Å². The molecule has 0 radical (unpaired) electrons. The molecule has 1 fully saturated rings. The number of aliphatic hydroxyl groups excluding tert-OH is 2. The maximum Gasteiger partial charge on any atom is 0.258 e. The van der Waals surface area contributed by atoms with Crippen LogP contribution in [0.3, 0.4) is 0 Å². The van der Waals surface area contributed by atoms with Gasteiger partial charge in [0.25, 0.3) is 5.91 Å². The summed E-state index contributed by atoms with van der Waals surface area (Å²) in [5, 5.41) is 25.1. The highest BCUT2D eigenvalue weighted by molar-refractivity contribution is 6.00. The molecule has 156 valence electrons. The third-order valence-corrected chi connectivity index (χ3v) is 5.80. The fourth-order valence-corrected chi connectivity index (χ4v) is 4.26. The Labute approximate surface area is 172 Å². The Bertz CT molecular complexity index is 1110. The van der Waals surface area contributed by atoms with Crippen LogP contribution in [-0.4, -0.2) is 62.1 Å². The summed E-state index contributed by atoms with van der Waals surface area (Å²) in [4.78, 5) is 21.0. The number of rotatable bonds is 3. The molecule has 5 rings (SSSR count). The molecule has 3 aromatic rings. The Hall–Kier alpha value is -3.17. The monoisotopic (exact) mass is 410 g/mol. The van der Waals surface area contributed by atoms with E-state index in [0.717, 1.165) is 11.1 Å². The molecule has 2 aliphatic rings. The van der Waals surface area contributed by atoms with Crippen LogP contribution in [-0.2, 0) is 0 Å². The first kappa shape index (κ1) is 18.8. The molecule has 9 nitrogen and oxygen atoms in total. The lowest BCUT2D eigenvalue weighted by Crippen LogP contribution is -2.34. The summed E-state index contributed by atoms with van der Waals surface area (Å²) >= 11 is 0. The molecule has 0 spiro atoms. The summed E-state index contributed by atoms with van der Waals surface area (Å²) < 4.78 is 13.5. The maximum atomic E-state index is 12.5. The fourth-order valence-electron chi connectivity index (χ4n) is 4.26. The largest absolute Gasteiger partial charge is 0.491 e. The molecule has 3 N–H and O–H groups in total. The van der Waals surface area contributed by atoms with Crippen LogP contribution in [0.25, 0.3) is 11.0 Å². The second-order valence-electron chi connectivity index (χ2n) is 7.59. The van der Waals surface area contributed by atoms with Gasteiger partial charge >= 0.3 is 0 Å². The van der Waals surface area contributed by atoms with Gasteiger partial charge in [-0.25, -0.2) is 9.97 Å². The van der Waals surface area contributed by atoms with Crippen LogP contribution in [0.4, 0.5) is 0 Å². The predicted molar refractivity (Wildman–Crippen MR) is 107 cm³/mol. The lowest BCUT2D eigenvalue weighted by Gasteiger charge is -2.20. The summed E-state index contributed by atoms with van der Waals surface area (Å²) in [6.45, 7) is 2.67. The van der Waals surface area contributed by atoms with Crippen LogP contribution in [0.1, 0.15) is 28.5 Å². The number of nitrogens with zero attached hydrogens (tertiary/aromatic N) is 3. The van der Waals surface area contributed by atoms with Gasteiger partial charge in [-0.1, -0.05) is 6.07 Å². The van der Waals surface area contributed by atoms with Gasteiger partial charge in [-0.2, -0.15) is 0 Å². The maximum absolute atomic E-state index is 12.5. The average molecular weight is 410 g/mol. The minimum absolute atomic E-state index is 0.286. The Morgan fingerprint density at radius 2 is 2.10 bits per heavy atom. The van der Waals surface area contributed by atoms with E-state index in [9.17, 15) is 15.0 Å². The summed E-state index contributed by atoms with van der Waals surface area (Å²) in [6, 6.07) is 6.59. The van der Waals surface area contributed by atoms with Crippen molar-refractivity contribution >= 4 is 16.9 Å². The second kappa shape index (κ2) is 7.26. The highest BCUT2D eigenvalue weighted by atomic mass is 16.5. The summed E-state index contributed by atoms with van der Waals surface area (Å²) in [6.07, 6.45) is 0.798. The molecule has 1 aliphatic heterocycles. The van der Waals surface area contributed by atoms with Gasteiger partial charge in [-0.3, -0.25) is 4.79 Å². The quantitative estimate of drug-likeness (QED) is 0.589. The lowest BCUT2D eigenvalue weighted by molar-refractivity contribution is -0.0165. The molecule has 0 unspecified atom stereocenters. The standard InChI is InChI=1S/C21H22N4O5/c1-11-12-5-7-25(20(12)24-10-23-11)13-9-16(19(27)18(13)26)30-15-4-2-3-14-17(15)21(28)22-6-8-29-14/h2-5,7,10,13,16,18-19,26-27H,6,8-9H2,1H3,(H,22,28)/t13-,16+,18+,19-/m1/s1. The van der Waals surface area contributed by atoms with Crippen molar-refractivity contribution < 1.29 is 24.5 Å². The molecule has 1 saturated carbocycles. The molecule has 0 bridgehead atoms. The molecule has 1 amide bonds. The van der Waals surface area contributed by atoms with E-state index in [4.69, 9.17) is 9.47 Å². The SMILES string of the molecule is Cc1ncnc2c1ccn2[C@@H]1C[C@H](Oc2cccc3c2C(=O)NCCO3)[C@@H](O)[C@H]1O. The number of hydrogen-bond acceptors (Lipinski definition) is 7. The van der Waals surface area contributed by atoms with E-state index >= 15 is 0 Å². The van der Waals surface area contributed by atoms with Crippen LogP contribution < -0.4 is 14.8 Å². The van der Waals surface area contributed by atoms with Gasteiger partial charge in [0, 0.05) is 18.0 Å². The first-order valence-corrected chi connectivity index (χ1v) is 9.89. The Kier molecular flexibility index (Phi) is 4.56. The van der Waals surface area contributed by atoms with Gasteiger partial charge in [0.05, 0.1) is 18.3 Å². The molecule has 4 atom stereocenters. The fraction of sp³-hybridized carbons (Fsp3) is 0.381.